The molecule has 0 aromatic heterocycles. The predicted molar refractivity (Wildman–Crippen MR) is 26.3 cm³/mol. The molecule has 24 valence electrons. The molecule has 0 amide bonds. The van der Waals surface area contributed by atoms with Crippen molar-refractivity contribution in [3.63, 3.8) is 0 Å². The van der Waals surface area contributed by atoms with Crippen LogP contribution in [0, 0.1) is 0 Å². The van der Waals surface area contributed by atoms with Gasteiger partial charge in [-0.15, -0.1) is 0 Å². The first kappa shape index (κ1) is 1.54. The van der Waals surface area contributed by atoms with Crippen LogP contribution in [0.25, 0.3) is 0 Å². The standard InChI is InChI=1S/BFH4P2/c1-3-4-2/h3H,4H3/i4T2D. The number of rotatable bonds is 1. The zero-order valence-corrected chi connectivity index (χ0v) is 3.80. The van der Waals surface area contributed by atoms with Gasteiger partial charge >= 0.3 is 32.2 Å². The third-order valence-corrected chi connectivity index (χ3v) is 0.439. The molecule has 0 aromatic rings. The van der Waals surface area contributed by atoms with E-state index in [-0.39, 0.29) is 0 Å². The maximum atomic E-state index is 11.8. The van der Waals surface area contributed by atoms with Crippen molar-refractivity contribution in [1.29, 1.82) is 3.84 Å². The van der Waals surface area contributed by atoms with E-state index in [0.29, 0.717) is 0 Å². The third-order valence-electron chi connectivity index (χ3n) is 0.0488. The van der Waals surface area contributed by atoms with Crippen molar-refractivity contribution in [2.45, 2.75) is 0 Å². The molecule has 0 aliphatic carbocycles. The molecule has 0 heterocycles. The Bertz CT molecular complexity index is 65.5. The van der Waals surface area contributed by atoms with Gasteiger partial charge in [0.15, 0.2) is 0 Å². The van der Waals surface area contributed by atoms with Crippen LogP contribution in [0.15, 0.2) is 0 Å². The summed E-state index contributed by atoms with van der Waals surface area (Å²) in [6.45, 7) is 0. The van der Waals surface area contributed by atoms with Gasteiger partial charge in [-0.2, -0.15) is 0 Å². The average molecular weight is 101 g/mol. The first-order chi connectivity index (χ1) is 2.81. The maximum absolute atomic E-state index is 11.8. The Morgan fingerprint density at radius 1 is 3.00 bits per heavy atom. The van der Waals surface area contributed by atoms with Crippen LogP contribution in [-0.2, 0) is 0 Å². The molecule has 0 spiro atoms. The van der Waals surface area contributed by atoms with Crippen molar-refractivity contribution in [2.75, 3.05) is 0 Å². The summed E-state index contributed by atoms with van der Waals surface area (Å²) in [5, 5.41) is 0. The number of hydrogen-bond donors (Lipinski definition) is 0. The van der Waals surface area contributed by atoms with E-state index in [0.717, 1.165) is 0 Å². The van der Waals surface area contributed by atoms with Crippen molar-refractivity contribution in [3.05, 3.63) is 0 Å². The van der Waals surface area contributed by atoms with E-state index in [2.05, 4.69) is 7.57 Å². The Hall–Kier alpha value is 0.855. The molecule has 4 heteroatoms. The number of hydrogen-bond acceptors (Lipinski definition) is 0. The van der Waals surface area contributed by atoms with E-state index in [1.807, 2.05) is 0 Å². The molecule has 0 bridgehead atoms. The zero-order chi connectivity index (χ0) is 6.15. The molecule has 2 radical (unpaired) electrons. The summed E-state index contributed by atoms with van der Waals surface area (Å²) in [4.78, 5) is 0. The van der Waals surface area contributed by atoms with Crippen LogP contribution in [0.5, 0.6) is 0 Å². The molecule has 4 heavy (non-hydrogen) atoms. The van der Waals surface area contributed by atoms with Crippen LogP contribution in [0.4, 0.5) is 4.20 Å². The van der Waals surface area contributed by atoms with E-state index >= 15 is 0 Å². The normalized spacial score (nSPS) is 35.2. The molecule has 1 atom stereocenters. The Labute approximate surface area is 33.3 Å². The molecule has 0 N–H and O–H groups in total. The van der Waals surface area contributed by atoms with Gasteiger partial charge in [-0.3, -0.25) is 0 Å². The predicted octanol–water partition coefficient (Wildman–Crippen LogP) is 0.691. The van der Waals surface area contributed by atoms with Crippen molar-refractivity contribution < 1.29 is 4.20 Å². The van der Waals surface area contributed by atoms with E-state index in [1.54, 1.807) is 0 Å². The summed E-state index contributed by atoms with van der Waals surface area (Å²) in [6, 6.07) is 0. The van der Waals surface area contributed by atoms with Gasteiger partial charge in [-0.25, -0.2) is 0 Å². The Kier molecular flexibility index (Phi) is 1.48. The van der Waals surface area contributed by atoms with Gasteiger partial charge in [0.1, 0.15) is 0 Å². The Morgan fingerprint density at radius 2 is 3.25 bits per heavy atom. The van der Waals surface area contributed by atoms with Gasteiger partial charge in [0, 0.05) is 0 Å². The van der Waals surface area contributed by atoms with Gasteiger partial charge < -0.3 is 0 Å². The topological polar surface area (TPSA) is 0 Å². The van der Waals surface area contributed by atoms with Crippen molar-refractivity contribution in [3.8, 4) is 0 Å². The van der Waals surface area contributed by atoms with Crippen LogP contribution in [0.2, 0.25) is 0 Å². The van der Waals surface area contributed by atoms with Crippen molar-refractivity contribution in [2.24, 2.45) is 0 Å². The monoisotopic (exact) mass is 101 g/mol. The second-order valence-electron chi connectivity index (χ2n) is 0.214. The molecule has 0 aromatic carbocycles. The first-order valence-corrected chi connectivity index (χ1v) is 3.39. The van der Waals surface area contributed by atoms with E-state index < -0.39 is 16.6 Å². The van der Waals surface area contributed by atoms with E-state index in [9.17, 15) is 4.20 Å². The average Bonchev–Trinajstić information content (AvgIpc) is 1.32. The first-order valence-electron chi connectivity index (χ1n) is 2.02. The second kappa shape index (κ2) is 3.85. The van der Waals surface area contributed by atoms with Crippen LogP contribution >= 0.6 is 16.6 Å². The van der Waals surface area contributed by atoms with Crippen LogP contribution < -0.4 is 0 Å². The minimum absolute atomic E-state index is 1.02. The van der Waals surface area contributed by atoms with Gasteiger partial charge in [0.25, 0.3) is 0 Å². The molecule has 0 rings (SSSR count). The summed E-state index contributed by atoms with van der Waals surface area (Å²) in [5.74, 6) is 0. The third kappa shape index (κ3) is 2.85. The van der Waals surface area contributed by atoms with Crippen LogP contribution in [0.3, 0.4) is 0 Å². The fraction of sp³-hybridized carbons (Fsp3) is 0. The van der Waals surface area contributed by atoms with Gasteiger partial charge in [-0.1, -0.05) is 0 Å². The van der Waals surface area contributed by atoms with Crippen LogP contribution in [-0.4, -0.2) is 11.4 Å². The Balaban J connectivity index is 3.83. The molecule has 0 saturated heterocycles. The number of halogens is 1. The van der Waals surface area contributed by atoms with Gasteiger partial charge in [0.05, 0.1) is 0 Å². The van der Waals surface area contributed by atoms with E-state index in [1.165, 1.54) is 0 Å². The summed E-state index contributed by atoms with van der Waals surface area (Å²) >= 11 is 0. The molecule has 0 aliphatic heterocycles. The fourth-order valence-corrected chi connectivity index (χ4v) is 0. The molecular weight excluding hydrogens is 91.8 g/mol. The minimum atomic E-state index is -5.02. The molecule has 0 aliphatic rings. The molecule has 1 unspecified atom stereocenters. The van der Waals surface area contributed by atoms with E-state index in [4.69, 9.17) is 3.84 Å². The summed E-state index contributed by atoms with van der Waals surface area (Å²) in [6.07, 6.45) is 0. The second-order valence-corrected chi connectivity index (χ2v) is 1.92. The molecular formula is H4BFP2. The summed E-state index contributed by atoms with van der Waals surface area (Å²) < 4.78 is 30.5. The summed E-state index contributed by atoms with van der Waals surface area (Å²) in [5.41, 5.74) is 0. The summed E-state index contributed by atoms with van der Waals surface area (Å²) in [7, 11) is -1.45. The Morgan fingerprint density at radius 3 is 3.25 bits per heavy atom. The van der Waals surface area contributed by atoms with Crippen molar-refractivity contribution in [1.82, 2.24) is 0 Å². The van der Waals surface area contributed by atoms with Gasteiger partial charge in [0.2, 0.25) is 0 Å². The van der Waals surface area contributed by atoms with Gasteiger partial charge in [-0.05, 0) is 0 Å². The SMILES string of the molecule is [2H]P([3H])([3H])(F)P[B]. The fourth-order valence-electron chi connectivity index (χ4n) is 0. The van der Waals surface area contributed by atoms with Crippen LogP contribution in [0.1, 0.15) is 0 Å². The quantitative estimate of drug-likeness (QED) is 0.336. The molecule has 0 fully saturated rings. The molecule has 0 saturated carbocycles. The zero-order valence-electron chi connectivity index (χ0n) is 4.90. The van der Waals surface area contributed by atoms with Crippen molar-refractivity contribution >= 4 is 24.1 Å². The molecule has 0 nitrogen and oxygen atoms in total.